The Kier molecular flexibility index (Phi) is 3.87. The molecule has 1 saturated heterocycles. The van der Waals surface area contributed by atoms with Crippen molar-refractivity contribution in [3.8, 4) is 0 Å². The van der Waals surface area contributed by atoms with Crippen LogP contribution in [0.25, 0.3) is 0 Å². The molecule has 2 rings (SSSR count). The maximum absolute atomic E-state index is 10.8. The van der Waals surface area contributed by atoms with Gasteiger partial charge in [0.05, 0.1) is 6.42 Å². The number of hydrogen-bond donors (Lipinski definition) is 2. The number of carboxylic acids is 1. The molecule has 1 aromatic carbocycles. The molecule has 0 radical (unpaired) electrons. The van der Waals surface area contributed by atoms with Crippen LogP contribution < -0.4 is 10.2 Å². The minimum absolute atomic E-state index is 0.0193. The van der Waals surface area contributed by atoms with E-state index >= 15 is 0 Å². The molecule has 2 atom stereocenters. The predicted molar refractivity (Wildman–Crippen MR) is 72.0 cm³/mol. The Morgan fingerprint density at radius 2 is 2.17 bits per heavy atom. The molecule has 1 aliphatic heterocycles. The smallest absolute Gasteiger partial charge is 0.304 e. The Labute approximate surface area is 108 Å². The number of aliphatic carboxylic acids is 1. The summed E-state index contributed by atoms with van der Waals surface area (Å²) >= 11 is 0. The van der Waals surface area contributed by atoms with Crippen LogP contribution in [0.2, 0.25) is 0 Å². The summed E-state index contributed by atoms with van der Waals surface area (Å²) in [5.41, 5.74) is 2.45. The number of nitrogens with one attached hydrogen (secondary N) is 1. The first kappa shape index (κ1) is 12.9. The summed E-state index contributed by atoms with van der Waals surface area (Å²) in [6, 6.07) is 8.58. The lowest BCUT2D eigenvalue weighted by molar-refractivity contribution is -0.137. The summed E-state index contributed by atoms with van der Waals surface area (Å²) in [7, 11) is 0. The molecule has 0 spiro atoms. The molecule has 1 aliphatic rings. The van der Waals surface area contributed by atoms with Crippen molar-refractivity contribution in [2.45, 2.75) is 32.4 Å². The SMILES string of the molecule is Cc1ccccc1N1CC(C)NC(CC(=O)O)C1. The molecule has 2 unspecified atom stereocenters. The quantitative estimate of drug-likeness (QED) is 0.854. The lowest BCUT2D eigenvalue weighted by atomic mass is 10.1. The summed E-state index contributed by atoms with van der Waals surface area (Å²) in [6.07, 6.45) is 0.173. The molecule has 2 N–H and O–H groups in total. The van der Waals surface area contributed by atoms with Crippen LogP contribution in [0.3, 0.4) is 0 Å². The van der Waals surface area contributed by atoms with Crippen LogP contribution >= 0.6 is 0 Å². The van der Waals surface area contributed by atoms with Crippen molar-refractivity contribution in [3.63, 3.8) is 0 Å². The Bertz CT molecular complexity index is 434. The van der Waals surface area contributed by atoms with E-state index in [0.717, 1.165) is 13.1 Å². The molecule has 0 aromatic heterocycles. The van der Waals surface area contributed by atoms with E-state index in [-0.39, 0.29) is 12.5 Å². The largest absolute Gasteiger partial charge is 0.481 e. The predicted octanol–water partition coefficient (Wildman–Crippen LogP) is 1.64. The first-order chi connectivity index (χ1) is 8.56. The maximum Gasteiger partial charge on any atom is 0.304 e. The highest BCUT2D eigenvalue weighted by Crippen LogP contribution is 2.22. The van der Waals surface area contributed by atoms with Crippen LogP contribution in [0.1, 0.15) is 18.9 Å². The van der Waals surface area contributed by atoms with Crippen LogP contribution in [0.5, 0.6) is 0 Å². The van der Waals surface area contributed by atoms with Crippen LogP contribution in [0.15, 0.2) is 24.3 Å². The zero-order valence-electron chi connectivity index (χ0n) is 10.9. The van der Waals surface area contributed by atoms with Gasteiger partial charge in [-0.3, -0.25) is 4.79 Å². The van der Waals surface area contributed by atoms with Gasteiger partial charge >= 0.3 is 5.97 Å². The minimum atomic E-state index is -0.744. The fraction of sp³-hybridized carbons (Fsp3) is 0.500. The van der Waals surface area contributed by atoms with Crippen molar-refractivity contribution >= 4 is 11.7 Å². The number of para-hydroxylation sites is 1. The van der Waals surface area contributed by atoms with Gasteiger partial charge in [0.2, 0.25) is 0 Å². The van der Waals surface area contributed by atoms with Crippen LogP contribution in [-0.2, 0) is 4.79 Å². The van der Waals surface area contributed by atoms with Gasteiger partial charge < -0.3 is 15.3 Å². The van der Waals surface area contributed by atoms with Gasteiger partial charge in [-0.05, 0) is 25.5 Å². The highest BCUT2D eigenvalue weighted by molar-refractivity contribution is 5.68. The third-order valence-electron chi connectivity index (χ3n) is 3.33. The Morgan fingerprint density at radius 3 is 2.83 bits per heavy atom. The van der Waals surface area contributed by atoms with Gasteiger partial charge in [0.1, 0.15) is 0 Å². The van der Waals surface area contributed by atoms with Crippen LogP contribution in [-0.4, -0.2) is 36.2 Å². The van der Waals surface area contributed by atoms with E-state index < -0.39 is 5.97 Å². The number of aryl methyl sites for hydroxylation is 1. The first-order valence-corrected chi connectivity index (χ1v) is 6.34. The van der Waals surface area contributed by atoms with Crippen molar-refractivity contribution in [2.24, 2.45) is 0 Å². The number of carboxylic acid groups (broad SMARTS) is 1. The summed E-state index contributed by atoms with van der Waals surface area (Å²) in [5, 5.41) is 12.2. The standard InChI is InChI=1S/C14H20N2O2/c1-10-5-3-4-6-13(10)16-8-11(2)15-12(9-16)7-14(17)18/h3-6,11-12,15H,7-9H2,1-2H3,(H,17,18). The Balaban J connectivity index is 2.13. The number of nitrogens with zero attached hydrogens (tertiary/aromatic N) is 1. The number of piperazine rings is 1. The molecule has 1 fully saturated rings. The first-order valence-electron chi connectivity index (χ1n) is 6.34. The van der Waals surface area contributed by atoms with E-state index in [1.54, 1.807) is 0 Å². The summed E-state index contributed by atoms with van der Waals surface area (Å²) in [5.74, 6) is -0.744. The number of benzene rings is 1. The number of hydrogen-bond acceptors (Lipinski definition) is 3. The van der Waals surface area contributed by atoms with Gasteiger partial charge in [0.25, 0.3) is 0 Å². The van der Waals surface area contributed by atoms with Gasteiger partial charge in [-0.25, -0.2) is 0 Å². The van der Waals surface area contributed by atoms with E-state index in [9.17, 15) is 4.79 Å². The van der Waals surface area contributed by atoms with Crippen molar-refractivity contribution in [1.82, 2.24) is 5.32 Å². The molecular weight excluding hydrogens is 228 g/mol. The third-order valence-corrected chi connectivity index (χ3v) is 3.33. The second kappa shape index (κ2) is 5.40. The van der Waals surface area contributed by atoms with Crippen molar-refractivity contribution < 1.29 is 9.90 Å². The van der Waals surface area contributed by atoms with Crippen LogP contribution in [0.4, 0.5) is 5.69 Å². The lowest BCUT2D eigenvalue weighted by Crippen LogP contribution is -2.56. The molecule has 4 heteroatoms. The average Bonchev–Trinajstić information content (AvgIpc) is 2.27. The normalized spacial score (nSPS) is 24.0. The van der Waals surface area contributed by atoms with Crippen molar-refractivity contribution in [2.75, 3.05) is 18.0 Å². The highest BCUT2D eigenvalue weighted by atomic mass is 16.4. The van der Waals surface area contributed by atoms with Gasteiger partial charge in [-0.1, -0.05) is 18.2 Å². The topological polar surface area (TPSA) is 52.6 Å². The number of rotatable bonds is 3. The Hall–Kier alpha value is -1.55. The average molecular weight is 248 g/mol. The molecule has 0 aliphatic carbocycles. The van der Waals surface area contributed by atoms with E-state index in [0.29, 0.717) is 6.04 Å². The molecule has 18 heavy (non-hydrogen) atoms. The fourth-order valence-electron chi connectivity index (χ4n) is 2.63. The van der Waals surface area contributed by atoms with Gasteiger partial charge in [-0.2, -0.15) is 0 Å². The van der Waals surface area contributed by atoms with Crippen molar-refractivity contribution in [1.29, 1.82) is 0 Å². The number of anilines is 1. The summed E-state index contributed by atoms with van der Waals surface area (Å²) < 4.78 is 0. The third kappa shape index (κ3) is 3.01. The summed E-state index contributed by atoms with van der Waals surface area (Å²) in [6.45, 7) is 5.86. The molecule has 1 aromatic rings. The van der Waals surface area contributed by atoms with E-state index in [4.69, 9.17) is 5.11 Å². The maximum atomic E-state index is 10.8. The zero-order chi connectivity index (χ0) is 13.1. The second-order valence-corrected chi connectivity index (χ2v) is 5.05. The molecule has 98 valence electrons. The second-order valence-electron chi connectivity index (χ2n) is 5.05. The number of carbonyl (C=O) groups is 1. The molecular formula is C14H20N2O2. The minimum Gasteiger partial charge on any atom is -0.481 e. The van der Waals surface area contributed by atoms with Gasteiger partial charge in [0.15, 0.2) is 0 Å². The molecule has 1 heterocycles. The molecule has 0 saturated carbocycles. The van der Waals surface area contributed by atoms with Gasteiger partial charge in [-0.15, -0.1) is 0 Å². The monoisotopic (exact) mass is 248 g/mol. The summed E-state index contributed by atoms with van der Waals surface area (Å²) in [4.78, 5) is 13.1. The van der Waals surface area contributed by atoms with E-state index in [2.05, 4.69) is 36.2 Å². The Morgan fingerprint density at radius 1 is 1.44 bits per heavy atom. The molecule has 0 amide bonds. The molecule has 0 bridgehead atoms. The fourth-order valence-corrected chi connectivity index (χ4v) is 2.63. The highest BCUT2D eigenvalue weighted by Gasteiger charge is 2.26. The lowest BCUT2D eigenvalue weighted by Gasteiger charge is -2.39. The van der Waals surface area contributed by atoms with E-state index in [1.165, 1.54) is 11.3 Å². The van der Waals surface area contributed by atoms with Crippen LogP contribution in [0, 0.1) is 6.92 Å². The molecule has 4 nitrogen and oxygen atoms in total. The van der Waals surface area contributed by atoms with Gasteiger partial charge in [0, 0.05) is 30.9 Å². The van der Waals surface area contributed by atoms with Crippen molar-refractivity contribution in [3.05, 3.63) is 29.8 Å². The zero-order valence-corrected chi connectivity index (χ0v) is 10.9. The van der Waals surface area contributed by atoms with E-state index in [1.807, 2.05) is 12.1 Å².